The molecule has 4 rings (SSSR count). The number of hydrogen-bond acceptors (Lipinski definition) is 6. The third-order valence-corrected chi connectivity index (χ3v) is 4.08. The molecule has 0 spiro atoms. The van der Waals surface area contributed by atoms with E-state index >= 15 is 0 Å². The van der Waals surface area contributed by atoms with Crippen molar-refractivity contribution in [2.75, 3.05) is 20.3 Å². The van der Waals surface area contributed by atoms with Crippen LogP contribution < -0.4 is 9.47 Å². The molecule has 0 unspecified atom stereocenters. The molecule has 0 saturated heterocycles. The smallest absolute Gasteiger partial charge is 0.253 e. The Morgan fingerprint density at radius 2 is 2.00 bits per heavy atom. The van der Waals surface area contributed by atoms with Gasteiger partial charge in [0.25, 0.3) is 5.91 Å². The number of rotatable bonds is 4. The average Bonchev–Trinajstić information content (AvgIpc) is 3.22. The fourth-order valence-electron chi connectivity index (χ4n) is 2.81. The second-order valence-electron chi connectivity index (χ2n) is 5.94. The van der Waals surface area contributed by atoms with Gasteiger partial charge in [-0.1, -0.05) is 12.1 Å². The SMILES string of the molecule is CN(Cc1ccc2c(c1)OCCO2)C(=O)c1cccc(-n2cnnn2)c1. The molecule has 132 valence electrons. The van der Waals surface area contributed by atoms with E-state index in [2.05, 4.69) is 15.5 Å². The molecular formula is C18H17N5O3. The first-order valence-corrected chi connectivity index (χ1v) is 8.18. The zero-order valence-corrected chi connectivity index (χ0v) is 14.2. The summed E-state index contributed by atoms with van der Waals surface area (Å²) in [6.45, 7) is 1.56. The van der Waals surface area contributed by atoms with Crippen molar-refractivity contribution in [1.82, 2.24) is 25.1 Å². The van der Waals surface area contributed by atoms with Gasteiger partial charge in [-0.2, -0.15) is 0 Å². The molecule has 26 heavy (non-hydrogen) atoms. The molecule has 1 amide bonds. The van der Waals surface area contributed by atoms with Crippen LogP contribution in [0.2, 0.25) is 0 Å². The lowest BCUT2D eigenvalue weighted by atomic mass is 10.1. The summed E-state index contributed by atoms with van der Waals surface area (Å²) in [7, 11) is 1.77. The minimum atomic E-state index is -0.0881. The van der Waals surface area contributed by atoms with Crippen molar-refractivity contribution < 1.29 is 14.3 Å². The molecule has 3 aromatic rings. The first kappa shape index (κ1) is 16.1. The molecular weight excluding hydrogens is 334 g/mol. The first-order valence-electron chi connectivity index (χ1n) is 8.18. The fourth-order valence-corrected chi connectivity index (χ4v) is 2.81. The van der Waals surface area contributed by atoms with E-state index in [4.69, 9.17) is 9.47 Å². The summed E-state index contributed by atoms with van der Waals surface area (Å²) in [5.41, 5.74) is 2.27. The molecule has 1 aliphatic rings. The zero-order valence-electron chi connectivity index (χ0n) is 14.2. The highest BCUT2D eigenvalue weighted by Gasteiger charge is 2.16. The number of aromatic nitrogens is 4. The highest BCUT2D eigenvalue weighted by Crippen LogP contribution is 2.31. The highest BCUT2D eigenvalue weighted by atomic mass is 16.6. The molecule has 0 fully saturated rings. The Labute approximate surface area is 149 Å². The Hall–Kier alpha value is -3.42. The minimum absolute atomic E-state index is 0.0881. The van der Waals surface area contributed by atoms with Crippen LogP contribution in [0.4, 0.5) is 0 Å². The number of ether oxygens (including phenoxy) is 2. The van der Waals surface area contributed by atoms with Crippen LogP contribution in [0.5, 0.6) is 11.5 Å². The van der Waals surface area contributed by atoms with Gasteiger partial charge in [-0.25, -0.2) is 4.68 Å². The summed E-state index contributed by atoms with van der Waals surface area (Å²) in [6, 6.07) is 12.9. The van der Waals surface area contributed by atoms with Crippen LogP contribution in [-0.2, 0) is 6.54 Å². The standard InChI is InChI=1S/C18H17N5O3/c1-22(11-13-5-6-16-17(9-13)26-8-7-25-16)18(24)14-3-2-4-15(10-14)23-12-19-20-21-23/h2-6,9-10,12H,7-8,11H2,1H3. The van der Waals surface area contributed by atoms with Gasteiger partial charge in [0.1, 0.15) is 19.5 Å². The number of carbonyl (C=O) groups is 1. The topological polar surface area (TPSA) is 82.4 Å². The molecule has 8 heteroatoms. The Kier molecular flexibility index (Phi) is 4.22. The molecule has 2 heterocycles. The molecule has 8 nitrogen and oxygen atoms in total. The van der Waals surface area contributed by atoms with Crippen LogP contribution in [-0.4, -0.2) is 51.3 Å². The van der Waals surface area contributed by atoms with Gasteiger partial charge in [0.15, 0.2) is 11.5 Å². The summed E-state index contributed by atoms with van der Waals surface area (Å²) in [5.74, 6) is 1.37. The average molecular weight is 351 g/mol. The van der Waals surface area contributed by atoms with E-state index in [0.717, 1.165) is 22.7 Å². The molecule has 0 saturated carbocycles. The first-order chi connectivity index (χ1) is 12.7. The maximum atomic E-state index is 12.8. The molecule has 1 aromatic heterocycles. The van der Waals surface area contributed by atoms with Crippen molar-refractivity contribution in [2.24, 2.45) is 0 Å². The van der Waals surface area contributed by atoms with Gasteiger partial charge in [0, 0.05) is 19.2 Å². The lowest BCUT2D eigenvalue weighted by Gasteiger charge is -2.21. The van der Waals surface area contributed by atoms with Gasteiger partial charge in [0.2, 0.25) is 0 Å². The van der Waals surface area contributed by atoms with Gasteiger partial charge in [-0.3, -0.25) is 4.79 Å². The summed E-state index contributed by atoms with van der Waals surface area (Å²) in [6.07, 6.45) is 1.49. The van der Waals surface area contributed by atoms with Gasteiger partial charge in [-0.05, 0) is 46.3 Å². The van der Waals surface area contributed by atoms with E-state index < -0.39 is 0 Å². The largest absolute Gasteiger partial charge is 0.486 e. The van der Waals surface area contributed by atoms with E-state index in [1.54, 1.807) is 24.1 Å². The van der Waals surface area contributed by atoms with Crippen LogP contribution in [0.1, 0.15) is 15.9 Å². The third kappa shape index (κ3) is 3.21. The maximum Gasteiger partial charge on any atom is 0.253 e. The number of carbonyl (C=O) groups excluding carboxylic acids is 1. The molecule has 0 atom stereocenters. The molecule has 0 aliphatic carbocycles. The van der Waals surface area contributed by atoms with E-state index in [0.29, 0.717) is 25.3 Å². The van der Waals surface area contributed by atoms with E-state index in [1.165, 1.54) is 11.0 Å². The zero-order chi connectivity index (χ0) is 17.9. The molecule has 0 N–H and O–H groups in total. The van der Waals surface area contributed by atoms with Crippen LogP contribution in [0, 0.1) is 0 Å². The predicted octanol–water partition coefficient (Wildman–Crippen LogP) is 1.71. The quantitative estimate of drug-likeness (QED) is 0.712. The van der Waals surface area contributed by atoms with Gasteiger partial charge < -0.3 is 14.4 Å². The van der Waals surface area contributed by atoms with Crippen molar-refractivity contribution in [3.05, 3.63) is 59.9 Å². The summed E-state index contributed by atoms with van der Waals surface area (Å²) in [5, 5.41) is 11.1. The lowest BCUT2D eigenvalue weighted by Crippen LogP contribution is -2.26. The second-order valence-corrected chi connectivity index (χ2v) is 5.94. The molecule has 0 bridgehead atoms. The normalized spacial score (nSPS) is 12.7. The highest BCUT2D eigenvalue weighted by molar-refractivity contribution is 5.94. The van der Waals surface area contributed by atoms with E-state index in [1.807, 2.05) is 30.3 Å². The number of fused-ring (bicyclic) bond motifs is 1. The third-order valence-electron chi connectivity index (χ3n) is 4.08. The van der Waals surface area contributed by atoms with E-state index in [9.17, 15) is 4.79 Å². The Balaban J connectivity index is 1.50. The van der Waals surface area contributed by atoms with E-state index in [-0.39, 0.29) is 5.91 Å². The number of nitrogens with zero attached hydrogens (tertiary/aromatic N) is 5. The van der Waals surface area contributed by atoms with Crippen LogP contribution >= 0.6 is 0 Å². The Bertz CT molecular complexity index is 926. The van der Waals surface area contributed by atoms with Crippen LogP contribution in [0.3, 0.4) is 0 Å². The molecule has 1 aliphatic heterocycles. The van der Waals surface area contributed by atoms with Crippen molar-refractivity contribution in [3.8, 4) is 17.2 Å². The predicted molar refractivity (Wildman–Crippen MR) is 92.4 cm³/mol. The minimum Gasteiger partial charge on any atom is -0.486 e. The monoisotopic (exact) mass is 351 g/mol. The maximum absolute atomic E-state index is 12.8. The Morgan fingerprint density at radius 3 is 2.81 bits per heavy atom. The number of hydrogen-bond donors (Lipinski definition) is 0. The lowest BCUT2D eigenvalue weighted by molar-refractivity contribution is 0.0784. The van der Waals surface area contributed by atoms with Crippen molar-refractivity contribution in [2.45, 2.75) is 6.54 Å². The van der Waals surface area contributed by atoms with Gasteiger partial charge in [0.05, 0.1) is 5.69 Å². The molecule has 0 radical (unpaired) electrons. The number of tetrazole rings is 1. The van der Waals surface area contributed by atoms with Crippen LogP contribution in [0.15, 0.2) is 48.8 Å². The summed E-state index contributed by atoms with van der Waals surface area (Å²) < 4.78 is 12.6. The van der Waals surface area contributed by atoms with Gasteiger partial charge >= 0.3 is 0 Å². The Morgan fingerprint density at radius 1 is 1.15 bits per heavy atom. The fraction of sp³-hybridized carbons (Fsp3) is 0.222. The van der Waals surface area contributed by atoms with Crippen molar-refractivity contribution in [3.63, 3.8) is 0 Å². The second kappa shape index (κ2) is 6.83. The van der Waals surface area contributed by atoms with Crippen molar-refractivity contribution >= 4 is 5.91 Å². The number of benzene rings is 2. The number of amides is 1. The van der Waals surface area contributed by atoms with Crippen LogP contribution in [0.25, 0.3) is 5.69 Å². The van der Waals surface area contributed by atoms with Gasteiger partial charge in [-0.15, -0.1) is 5.10 Å². The molecule has 2 aromatic carbocycles. The summed E-state index contributed by atoms with van der Waals surface area (Å²) in [4.78, 5) is 14.4. The summed E-state index contributed by atoms with van der Waals surface area (Å²) >= 11 is 0. The van der Waals surface area contributed by atoms with Crippen molar-refractivity contribution in [1.29, 1.82) is 0 Å².